The van der Waals surface area contributed by atoms with Crippen molar-refractivity contribution in [3.05, 3.63) is 29.1 Å². The van der Waals surface area contributed by atoms with Gasteiger partial charge in [-0.2, -0.15) is 4.68 Å². The van der Waals surface area contributed by atoms with Gasteiger partial charge in [-0.3, -0.25) is 4.79 Å². The van der Waals surface area contributed by atoms with Crippen molar-refractivity contribution in [1.29, 1.82) is 0 Å². The third-order valence-electron chi connectivity index (χ3n) is 4.14. The molecular formula is C15H19N3O4. The number of hydrogen-bond acceptors (Lipinski definition) is 5. The third-order valence-corrected chi connectivity index (χ3v) is 4.14. The number of amides is 1. The Kier molecular flexibility index (Phi) is 3.87. The molecular weight excluding hydrogens is 286 g/mol. The van der Waals surface area contributed by atoms with Crippen LogP contribution in [0.15, 0.2) is 32.2 Å². The predicted molar refractivity (Wildman–Crippen MR) is 78.1 cm³/mol. The Morgan fingerprint density at radius 1 is 1.36 bits per heavy atom. The molecule has 1 fully saturated rings. The van der Waals surface area contributed by atoms with Gasteiger partial charge in [0.2, 0.25) is 5.91 Å². The van der Waals surface area contributed by atoms with Crippen LogP contribution >= 0.6 is 0 Å². The van der Waals surface area contributed by atoms with Gasteiger partial charge in [-0.05, 0) is 39.2 Å². The molecule has 0 spiro atoms. The minimum absolute atomic E-state index is 0.102. The SMILES string of the molecule is C[C@@H]1CCC[C@H](C)N1C(=O)Cn1nc(-c2ccoc2)oc1=O. The lowest BCUT2D eigenvalue weighted by atomic mass is 9.97. The second-order valence-corrected chi connectivity index (χ2v) is 5.77. The summed E-state index contributed by atoms with van der Waals surface area (Å²) in [4.78, 5) is 26.2. The van der Waals surface area contributed by atoms with E-state index in [2.05, 4.69) is 5.10 Å². The van der Waals surface area contributed by atoms with Crippen LogP contribution in [0, 0.1) is 0 Å². The first kappa shape index (κ1) is 14.6. The van der Waals surface area contributed by atoms with E-state index in [-0.39, 0.29) is 30.4 Å². The zero-order valence-electron chi connectivity index (χ0n) is 12.7. The van der Waals surface area contributed by atoms with E-state index in [1.807, 2.05) is 18.7 Å². The summed E-state index contributed by atoms with van der Waals surface area (Å²) in [5.74, 6) is -0.581. The molecule has 1 saturated heterocycles. The van der Waals surface area contributed by atoms with Gasteiger partial charge in [0, 0.05) is 12.1 Å². The lowest BCUT2D eigenvalue weighted by molar-refractivity contribution is -0.138. The molecule has 2 aromatic rings. The van der Waals surface area contributed by atoms with Crippen molar-refractivity contribution in [1.82, 2.24) is 14.7 Å². The second kappa shape index (κ2) is 5.82. The maximum atomic E-state index is 12.5. The topological polar surface area (TPSA) is 81.5 Å². The molecule has 7 nitrogen and oxygen atoms in total. The van der Waals surface area contributed by atoms with Gasteiger partial charge in [0.05, 0.1) is 11.8 Å². The summed E-state index contributed by atoms with van der Waals surface area (Å²) in [6.07, 6.45) is 6.01. The first-order chi connectivity index (χ1) is 10.6. The molecule has 1 aliphatic heterocycles. The largest absolute Gasteiger partial charge is 0.472 e. The van der Waals surface area contributed by atoms with Gasteiger partial charge >= 0.3 is 5.76 Å². The highest BCUT2D eigenvalue weighted by Crippen LogP contribution is 2.23. The Balaban J connectivity index is 1.78. The van der Waals surface area contributed by atoms with E-state index >= 15 is 0 Å². The van der Waals surface area contributed by atoms with Crippen LogP contribution in [0.2, 0.25) is 0 Å². The molecule has 22 heavy (non-hydrogen) atoms. The monoisotopic (exact) mass is 305 g/mol. The average molecular weight is 305 g/mol. The van der Waals surface area contributed by atoms with E-state index in [0.29, 0.717) is 5.56 Å². The number of piperidine rings is 1. The van der Waals surface area contributed by atoms with Gasteiger partial charge in [-0.1, -0.05) is 0 Å². The predicted octanol–water partition coefficient (Wildman–Crippen LogP) is 1.89. The highest BCUT2D eigenvalue weighted by molar-refractivity contribution is 5.76. The maximum absolute atomic E-state index is 12.5. The minimum atomic E-state index is -0.637. The molecule has 3 rings (SSSR count). The molecule has 1 aliphatic rings. The number of hydrogen-bond donors (Lipinski definition) is 0. The number of carbonyl (C=O) groups excluding carboxylic acids is 1. The van der Waals surface area contributed by atoms with Crippen LogP contribution in [0.4, 0.5) is 0 Å². The summed E-state index contributed by atoms with van der Waals surface area (Å²) in [6, 6.07) is 2.02. The summed E-state index contributed by atoms with van der Waals surface area (Å²) in [6.45, 7) is 3.97. The lowest BCUT2D eigenvalue weighted by Gasteiger charge is -2.38. The zero-order chi connectivity index (χ0) is 15.7. The zero-order valence-corrected chi connectivity index (χ0v) is 12.7. The van der Waals surface area contributed by atoms with Crippen LogP contribution in [0.25, 0.3) is 11.5 Å². The van der Waals surface area contributed by atoms with Crippen molar-refractivity contribution in [2.24, 2.45) is 0 Å². The first-order valence-electron chi connectivity index (χ1n) is 7.48. The van der Waals surface area contributed by atoms with Crippen molar-refractivity contribution >= 4 is 5.91 Å². The number of furan rings is 1. The number of aromatic nitrogens is 2. The molecule has 3 heterocycles. The highest BCUT2D eigenvalue weighted by Gasteiger charge is 2.29. The molecule has 0 bridgehead atoms. The van der Waals surface area contributed by atoms with Crippen LogP contribution in [0.3, 0.4) is 0 Å². The fourth-order valence-corrected chi connectivity index (χ4v) is 3.03. The summed E-state index contributed by atoms with van der Waals surface area (Å²) in [7, 11) is 0. The molecule has 1 amide bonds. The number of carbonyl (C=O) groups is 1. The van der Waals surface area contributed by atoms with Crippen molar-refractivity contribution in [2.45, 2.75) is 51.7 Å². The Hall–Kier alpha value is -2.31. The quantitative estimate of drug-likeness (QED) is 0.865. The minimum Gasteiger partial charge on any atom is -0.472 e. The van der Waals surface area contributed by atoms with E-state index in [1.165, 1.54) is 12.5 Å². The molecule has 0 aliphatic carbocycles. The third kappa shape index (κ3) is 2.70. The molecule has 0 unspecified atom stereocenters. The standard InChI is InChI=1S/C15H19N3O4/c1-10-4-3-5-11(2)18(10)13(19)8-17-15(20)22-14(16-17)12-6-7-21-9-12/h6-7,9-11H,3-5,8H2,1-2H3/t10-,11+. The number of rotatable bonds is 3. The van der Waals surface area contributed by atoms with Crippen LogP contribution < -0.4 is 5.76 Å². The van der Waals surface area contributed by atoms with E-state index in [4.69, 9.17) is 8.83 Å². The molecule has 0 radical (unpaired) electrons. The van der Waals surface area contributed by atoms with E-state index in [0.717, 1.165) is 23.9 Å². The summed E-state index contributed by atoms with van der Waals surface area (Å²) in [5, 5.41) is 4.07. The fraction of sp³-hybridized carbons (Fsp3) is 0.533. The summed E-state index contributed by atoms with van der Waals surface area (Å²) >= 11 is 0. The van der Waals surface area contributed by atoms with Crippen LogP contribution in [-0.4, -0.2) is 32.7 Å². The number of nitrogens with zero attached hydrogens (tertiary/aromatic N) is 3. The van der Waals surface area contributed by atoms with E-state index in [9.17, 15) is 9.59 Å². The van der Waals surface area contributed by atoms with Crippen molar-refractivity contribution in [3.63, 3.8) is 0 Å². The molecule has 0 saturated carbocycles. The van der Waals surface area contributed by atoms with Crippen LogP contribution in [0.1, 0.15) is 33.1 Å². The lowest BCUT2D eigenvalue weighted by Crippen LogP contribution is -2.49. The molecule has 2 aromatic heterocycles. The van der Waals surface area contributed by atoms with Gasteiger partial charge in [0.25, 0.3) is 5.89 Å². The van der Waals surface area contributed by atoms with Crippen LogP contribution in [-0.2, 0) is 11.3 Å². The Bertz CT molecular complexity index is 691. The normalized spacial score (nSPS) is 22.0. The summed E-state index contributed by atoms with van der Waals surface area (Å²) < 4.78 is 11.1. The molecule has 2 atom stereocenters. The summed E-state index contributed by atoms with van der Waals surface area (Å²) in [5.41, 5.74) is 0.572. The molecule has 0 aromatic carbocycles. The Morgan fingerprint density at radius 2 is 2.09 bits per heavy atom. The smallest absolute Gasteiger partial charge is 0.437 e. The van der Waals surface area contributed by atoms with Crippen molar-refractivity contribution < 1.29 is 13.6 Å². The van der Waals surface area contributed by atoms with Gasteiger partial charge < -0.3 is 13.7 Å². The number of likely N-dealkylation sites (tertiary alicyclic amines) is 1. The molecule has 118 valence electrons. The van der Waals surface area contributed by atoms with E-state index < -0.39 is 5.76 Å². The average Bonchev–Trinajstić information content (AvgIpc) is 3.09. The second-order valence-electron chi connectivity index (χ2n) is 5.77. The Morgan fingerprint density at radius 3 is 2.73 bits per heavy atom. The van der Waals surface area contributed by atoms with E-state index in [1.54, 1.807) is 6.07 Å². The van der Waals surface area contributed by atoms with Crippen molar-refractivity contribution in [2.75, 3.05) is 0 Å². The molecule has 0 N–H and O–H groups in total. The van der Waals surface area contributed by atoms with Crippen LogP contribution in [0.5, 0.6) is 0 Å². The first-order valence-corrected chi connectivity index (χ1v) is 7.48. The highest BCUT2D eigenvalue weighted by atomic mass is 16.4. The fourth-order valence-electron chi connectivity index (χ4n) is 3.03. The van der Waals surface area contributed by atoms with Gasteiger partial charge in [0.1, 0.15) is 12.8 Å². The van der Waals surface area contributed by atoms with Gasteiger partial charge in [-0.15, -0.1) is 5.10 Å². The van der Waals surface area contributed by atoms with Gasteiger partial charge in [0.15, 0.2) is 0 Å². The Labute approximate surface area is 127 Å². The maximum Gasteiger partial charge on any atom is 0.437 e. The van der Waals surface area contributed by atoms with Gasteiger partial charge in [-0.25, -0.2) is 4.79 Å². The van der Waals surface area contributed by atoms with Crippen molar-refractivity contribution in [3.8, 4) is 11.5 Å². The molecule has 7 heteroatoms.